The number of allylic oxidation sites excluding steroid dienone is 1. The maximum absolute atomic E-state index is 11.8. The molecule has 1 N–H and O–H groups in total. The monoisotopic (exact) mass is 321 g/mol. The van der Waals surface area contributed by atoms with Gasteiger partial charge in [-0.25, -0.2) is 0 Å². The van der Waals surface area contributed by atoms with Crippen molar-refractivity contribution >= 4 is 21.8 Å². The Balaban J connectivity index is 1.69. The number of nitrogens with one attached hydrogen (secondary N) is 1. The van der Waals surface area contributed by atoms with Crippen molar-refractivity contribution in [3.8, 4) is 0 Å². The number of halogens is 1. The first-order chi connectivity index (χ1) is 9.24. The minimum absolute atomic E-state index is 0.110. The van der Waals surface area contributed by atoms with Crippen LogP contribution in [0, 0.1) is 0 Å². The Labute approximate surface area is 123 Å². The summed E-state index contributed by atoms with van der Waals surface area (Å²) in [6, 6.07) is 7.89. The van der Waals surface area contributed by atoms with Crippen LogP contribution in [0.15, 0.2) is 40.4 Å². The highest BCUT2D eigenvalue weighted by atomic mass is 79.9. The molecule has 0 bridgehead atoms. The predicted octanol–water partition coefficient (Wildman–Crippen LogP) is 4.00. The molecule has 1 aliphatic rings. The first-order valence-electron chi connectivity index (χ1n) is 6.93. The van der Waals surface area contributed by atoms with Gasteiger partial charge in [0.25, 0.3) is 0 Å². The van der Waals surface area contributed by atoms with Gasteiger partial charge in [-0.2, -0.15) is 0 Å². The smallest absolute Gasteiger partial charge is 0.224 e. The van der Waals surface area contributed by atoms with Crippen LogP contribution in [0.5, 0.6) is 0 Å². The summed E-state index contributed by atoms with van der Waals surface area (Å²) in [5, 5.41) is 3.00. The SMILES string of the molecule is O=C(Cc1ccc(Br)cc1)NCCC1=CCCCC1. The second kappa shape index (κ2) is 7.49. The van der Waals surface area contributed by atoms with E-state index < -0.39 is 0 Å². The zero-order valence-electron chi connectivity index (χ0n) is 11.1. The molecule has 0 fully saturated rings. The molecule has 2 rings (SSSR count). The van der Waals surface area contributed by atoms with Crippen molar-refractivity contribution in [1.29, 1.82) is 0 Å². The summed E-state index contributed by atoms with van der Waals surface area (Å²) in [6.07, 6.45) is 8.85. The zero-order chi connectivity index (χ0) is 13.5. The molecule has 0 aliphatic heterocycles. The van der Waals surface area contributed by atoms with Crippen molar-refractivity contribution in [2.24, 2.45) is 0 Å². The van der Waals surface area contributed by atoms with Crippen molar-refractivity contribution in [3.05, 3.63) is 46.0 Å². The topological polar surface area (TPSA) is 29.1 Å². The molecule has 1 aromatic carbocycles. The standard InChI is InChI=1S/C16H20BrNO/c17-15-8-6-14(7-9-15)12-16(19)18-11-10-13-4-2-1-3-5-13/h4,6-9H,1-3,5,10-12H2,(H,18,19). The molecule has 0 aromatic heterocycles. The molecular weight excluding hydrogens is 302 g/mol. The number of amides is 1. The fourth-order valence-electron chi connectivity index (χ4n) is 2.34. The molecule has 2 nitrogen and oxygen atoms in total. The Kier molecular flexibility index (Phi) is 5.64. The average Bonchev–Trinajstić information content (AvgIpc) is 2.43. The minimum atomic E-state index is 0.110. The van der Waals surface area contributed by atoms with Crippen LogP contribution in [-0.2, 0) is 11.2 Å². The molecule has 0 saturated heterocycles. The predicted molar refractivity (Wildman–Crippen MR) is 82.0 cm³/mol. The molecule has 102 valence electrons. The summed E-state index contributed by atoms with van der Waals surface area (Å²) in [7, 11) is 0. The molecule has 0 heterocycles. The minimum Gasteiger partial charge on any atom is -0.355 e. The Morgan fingerprint density at radius 2 is 2.00 bits per heavy atom. The van der Waals surface area contributed by atoms with Crippen LogP contribution in [0.1, 0.15) is 37.7 Å². The van der Waals surface area contributed by atoms with E-state index in [-0.39, 0.29) is 5.91 Å². The van der Waals surface area contributed by atoms with Gasteiger partial charge in [-0.1, -0.05) is 39.7 Å². The fourth-order valence-corrected chi connectivity index (χ4v) is 2.61. The second-order valence-corrected chi connectivity index (χ2v) is 5.93. The third-order valence-electron chi connectivity index (χ3n) is 3.43. The molecule has 0 atom stereocenters. The average molecular weight is 322 g/mol. The third kappa shape index (κ3) is 5.19. The molecule has 0 unspecified atom stereocenters. The Hall–Kier alpha value is -1.09. The van der Waals surface area contributed by atoms with Crippen LogP contribution < -0.4 is 5.32 Å². The Morgan fingerprint density at radius 3 is 2.68 bits per heavy atom. The normalized spacial score (nSPS) is 14.9. The van der Waals surface area contributed by atoms with Gasteiger partial charge in [-0.05, 0) is 49.8 Å². The first kappa shape index (κ1) is 14.3. The van der Waals surface area contributed by atoms with E-state index in [0.29, 0.717) is 6.42 Å². The van der Waals surface area contributed by atoms with Crippen molar-refractivity contribution in [3.63, 3.8) is 0 Å². The summed E-state index contributed by atoms with van der Waals surface area (Å²) in [5.41, 5.74) is 2.56. The Morgan fingerprint density at radius 1 is 1.21 bits per heavy atom. The molecule has 1 aromatic rings. The van der Waals surface area contributed by atoms with E-state index in [4.69, 9.17) is 0 Å². The van der Waals surface area contributed by atoms with Gasteiger partial charge >= 0.3 is 0 Å². The van der Waals surface area contributed by atoms with Gasteiger partial charge in [0, 0.05) is 11.0 Å². The highest BCUT2D eigenvalue weighted by Crippen LogP contribution is 2.19. The molecule has 1 aliphatic carbocycles. The van der Waals surface area contributed by atoms with Gasteiger partial charge in [-0.3, -0.25) is 4.79 Å². The van der Waals surface area contributed by atoms with Gasteiger partial charge in [0.1, 0.15) is 0 Å². The van der Waals surface area contributed by atoms with Crippen LogP contribution in [0.4, 0.5) is 0 Å². The molecule has 0 radical (unpaired) electrons. The number of hydrogen-bond acceptors (Lipinski definition) is 1. The quantitative estimate of drug-likeness (QED) is 0.816. The molecule has 0 spiro atoms. The van der Waals surface area contributed by atoms with E-state index in [1.807, 2.05) is 24.3 Å². The lowest BCUT2D eigenvalue weighted by Crippen LogP contribution is -2.26. The van der Waals surface area contributed by atoms with E-state index in [9.17, 15) is 4.79 Å². The number of carbonyl (C=O) groups is 1. The zero-order valence-corrected chi connectivity index (χ0v) is 12.7. The van der Waals surface area contributed by atoms with E-state index in [0.717, 1.165) is 23.0 Å². The molecule has 19 heavy (non-hydrogen) atoms. The van der Waals surface area contributed by atoms with Crippen LogP contribution >= 0.6 is 15.9 Å². The van der Waals surface area contributed by atoms with Crippen molar-refractivity contribution < 1.29 is 4.79 Å². The molecule has 0 saturated carbocycles. The highest BCUT2D eigenvalue weighted by molar-refractivity contribution is 9.10. The van der Waals surface area contributed by atoms with E-state index in [2.05, 4.69) is 27.3 Å². The van der Waals surface area contributed by atoms with Gasteiger partial charge in [-0.15, -0.1) is 0 Å². The van der Waals surface area contributed by atoms with E-state index >= 15 is 0 Å². The lowest BCUT2D eigenvalue weighted by molar-refractivity contribution is -0.120. The van der Waals surface area contributed by atoms with Crippen LogP contribution in [0.2, 0.25) is 0 Å². The number of rotatable bonds is 5. The van der Waals surface area contributed by atoms with Gasteiger partial charge in [0.05, 0.1) is 6.42 Å². The number of carbonyl (C=O) groups excluding carboxylic acids is 1. The number of hydrogen-bond donors (Lipinski definition) is 1. The van der Waals surface area contributed by atoms with E-state index in [1.54, 1.807) is 0 Å². The summed E-state index contributed by atoms with van der Waals surface area (Å²) in [4.78, 5) is 11.8. The summed E-state index contributed by atoms with van der Waals surface area (Å²) in [6.45, 7) is 0.765. The second-order valence-electron chi connectivity index (χ2n) is 5.01. The number of benzene rings is 1. The maximum Gasteiger partial charge on any atom is 0.224 e. The fraction of sp³-hybridized carbons (Fsp3) is 0.438. The lowest BCUT2D eigenvalue weighted by Gasteiger charge is -2.13. The summed E-state index contributed by atoms with van der Waals surface area (Å²) >= 11 is 3.39. The van der Waals surface area contributed by atoms with Crippen LogP contribution in [0.3, 0.4) is 0 Å². The van der Waals surface area contributed by atoms with Crippen LogP contribution in [-0.4, -0.2) is 12.5 Å². The molecular formula is C16H20BrNO. The maximum atomic E-state index is 11.8. The van der Waals surface area contributed by atoms with Gasteiger partial charge in [0.15, 0.2) is 0 Å². The summed E-state index contributed by atoms with van der Waals surface area (Å²) in [5.74, 6) is 0.110. The van der Waals surface area contributed by atoms with E-state index in [1.165, 1.54) is 31.3 Å². The third-order valence-corrected chi connectivity index (χ3v) is 3.96. The molecule has 3 heteroatoms. The largest absolute Gasteiger partial charge is 0.355 e. The van der Waals surface area contributed by atoms with Gasteiger partial charge < -0.3 is 5.32 Å². The summed E-state index contributed by atoms with van der Waals surface area (Å²) < 4.78 is 1.04. The first-order valence-corrected chi connectivity index (χ1v) is 7.72. The highest BCUT2D eigenvalue weighted by Gasteiger charge is 2.05. The van der Waals surface area contributed by atoms with Crippen molar-refractivity contribution in [2.75, 3.05) is 6.54 Å². The van der Waals surface area contributed by atoms with Gasteiger partial charge in [0.2, 0.25) is 5.91 Å². The van der Waals surface area contributed by atoms with Crippen molar-refractivity contribution in [2.45, 2.75) is 38.5 Å². The molecule has 1 amide bonds. The Bertz CT molecular complexity index is 450. The van der Waals surface area contributed by atoms with Crippen LogP contribution in [0.25, 0.3) is 0 Å². The van der Waals surface area contributed by atoms with Crippen molar-refractivity contribution in [1.82, 2.24) is 5.32 Å². The lowest BCUT2D eigenvalue weighted by atomic mass is 9.97.